The highest BCUT2D eigenvalue weighted by molar-refractivity contribution is 5.75. The predicted octanol–water partition coefficient (Wildman–Crippen LogP) is 2.12. The molecule has 1 aromatic rings. The Bertz CT molecular complexity index is 685. The summed E-state index contributed by atoms with van der Waals surface area (Å²) in [7, 11) is 0. The molecule has 0 N–H and O–H groups in total. The van der Waals surface area contributed by atoms with Crippen LogP contribution < -0.4 is 0 Å². The molecule has 1 rings (SSSR count). The van der Waals surface area contributed by atoms with Crippen molar-refractivity contribution in [2.24, 2.45) is 0 Å². The van der Waals surface area contributed by atoms with E-state index in [4.69, 9.17) is 14.2 Å². The highest BCUT2D eigenvalue weighted by Crippen LogP contribution is 2.09. The maximum absolute atomic E-state index is 12.1. The van der Waals surface area contributed by atoms with Gasteiger partial charge in [0.2, 0.25) is 0 Å². The van der Waals surface area contributed by atoms with Gasteiger partial charge in [-0.05, 0) is 31.9 Å². The van der Waals surface area contributed by atoms with Gasteiger partial charge in [-0.1, -0.05) is 36.9 Å². The predicted molar refractivity (Wildman–Crippen MR) is 118 cm³/mol. The van der Waals surface area contributed by atoms with Crippen molar-refractivity contribution in [3.8, 4) is 0 Å². The molecule has 0 aliphatic carbocycles. The van der Waals surface area contributed by atoms with E-state index in [0.29, 0.717) is 26.2 Å². The minimum Gasteiger partial charge on any atom is -0.465 e. The number of esters is 3. The second kappa shape index (κ2) is 15.1. The number of hydrogen-bond donors (Lipinski definition) is 0. The Morgan fingerprint density at radius 3 is 1.61 bits per heavy atom. The number of carbonyl (C=O) groups excluding carboxylic acids is 3. The van der Waals surface area contributed by atoms with Crippen molar-refractivity contribution in [2.45, 2.75) is 27.3 Å². The van der Waals surface area contributed by atoms with Crippen LogP contribution in [-0.4, -0.2) is 80.3 Å². The molecule has 8 nitrogen and oxygen atoms in total. The Hall–Kier alpha value is -2.71. The van der Waals surface area contributed by atoms with Crippen LogP contribution in [0.1, 0.15) is 31.9 Å². The van der Waals surface area contributed by atoms with Gasteiger partial charge in [0.1, 0.15) is 0 Å². The summed E-state index contributed by atoms with van der Waals surface area (Å²) in [6.45, 7) is 11.2. The van der Waals surface area contributed by atoms with Gasteiger partial charge in [-0.2, -0.15) is 0 Å². The molecule has 0 aliphatic rings. The van der Waals surface area contributed by atoms with E-state index in [2.05, 4.69) is 6.58 Å². The van der Waals surface area contributed by atoms with E-state index in [9.17, 15) is 14.4 Å². The summed E-state index contributed by atoms with van der Waals surface area (Å²) in [5.74, 6) is -1.15. The van der Waals surface area contributed by atoms with E-state index in [1.54, 1.807) is 31.7 Å². The molecule has 1 aromatic carbocycles. The van der Waals surface area contributed by atoms with E-state index in [0.717, 1.165) is 11.1 Å². The van der Waals surface area contributed by atoms with Crippen LogP contribution in [0.3, 0.4) is 0 Å². The summed E-state index contributed by atoms with van der Waals surface area (Å²) in [6, 6.07) is 7.87. The molecule has 0 radical (unpaired) electrons. The molecule has 0 fully saturated rings. The van der Waals surface area contributed by atoms with Crippen LogP contribution in [0.15, 0.2) is 30.8 Å². The molecule has 0 aromatic heterocycles. The summed E-state index contributed by atoms with van der Waals surface area (Å²) in [5, 5.41) is 0. The number of nitrogens with zero attached hydrogens (tertiary/aromatic N) is 2. The van der Waals surface area contributed by atoms with Crippen LogP contribution in [-0.2, 0) is 35.1 Å². The van der Waals surface area contributed by atoms with Crippen LogP contribution in [0.5, 0.6) is 0 Å². The van der Waals surface area contributed by atoms with Gasteiger partial charge in [-0.3, -0.25) is 24.2 Å². The molecule has 0 atom stereocenters. The molecule has 172 valence electrons. The Labute approximate surface area is 184 Å². The zero-order valence-corrected chi connectivity index (χ0v) is 18.8. The van der Waals surface area contributed by atoms with Gasteiger partial charge < -0.3 is 14.2 Å². The molecule has 0 heterocycles. The zero-order chi connectivity index (χ0) is 23.1. The van der Waals surface area contributed by atoms with E-state index in [1.165, 1.54) is 0 Å². The van der Waals surface area contributed by atoms with Crippen molar-refractivity contribution < 1.29 is 28.6 Å². The van der Waals surface area contributed by atoms with Crippen LogP contribution in [0.2, 0.25) is 0 Å². The third kappa shape index (κ3) is 11.3. The number of carbonyl (C=O) groups is 3. The minimum atomic E-state index is -0.413. The smallest absolute Gasteiger partial charge is 0.320 e. The first-order valence-corrected chi connectivity index (χ1v) is 10.5. The van der Waals surface area contributed by atoms with Crippen LogP contribution in [0.25, 0.3) is 6.08 Å². The fourth-order valence-electron chi connectivity index (χ4n) is 2.90. The average molecular weight is 435 g/mol. The second-order valence-corrected chi connectivity index (χ2v) is 6.78. The number of benzene rings is 1. The summed E-state index contributed by atoms with van der Waals surface area (Å²) >= 11 is 0. The quantitative estimate of drug-likeness (QED) is 0.307. The molecule has 0 unspecified atom stereocenters. The van der Waals surface area contributed by atoms with Crippen molar-refractivity contribution in [3.05, 3.63) is 42.0 Å². The first-order valence-electron chi connectivity index (χ1n) is 10.5. The van der Waals surface area contributed by atoms with Crippen LogP contribution >= 0.6 is 0 Å². The first-order chi connectivity index (χ1) is 14.9. The monoisotopic (exact) mass is 434 g/mol. The largest absolute Gasteiger partial charge is 0.465 e. The molecule has 8 heteroatoms. The lowest BCUT2D eigenvalue weighted by Crippen LogP contribution is -2.42. The minimum absolute atomic E-state index is 0.0338. The molecule has 0 bridgehead atoms. The van der Waals surface area contributed by atoms with Gasteiger partial charge >= 0.3 is 17.9 Å². The van der Waals surface area contributed by atoms with E-state index >= 15 is 0 Å². The third-order valence-electron chi connectivity index (χ3n) is 4.33. The highest BCUT2D eigenvalue weighted by atomic mass is 16.5. The number of ether oxygens (including phenoxy) is 3. The number of rotatable bonds is 15. The summed E-state index contributed by atoms with van der Waals surface area (Å²) in [6.07, 6.45) is 1.77. The SMILES string of the molecule is C=Cc1ccc(CN(CCN(CC(=O)OCC)CC(=O)OCC)CC(=O)OCC)cc1. The van der Waals surface area contributed by atoms with Crippen molar-refractivity contribution in [1.82, 2.24) is 9.80 Å². The standard InChI is InChI=1S/C23H34N2O6/c1-5-19-9-11-20(12-10-19)15-24(16-21(26)29-6-2)13-14-25(17-22(27)30-7-3)18-23(28)31-8-4/h5,9-12H,1,6-8,13-18H2,2-4H3. The van der Waals surface area contributed by atoms with Crippen molar-refractivity contribution >= 4 is 24.0 Å². The molecular formula is C23H34N2O6. The lowest BCUT2D eigenvalue weighted by Gasteiger charge is -2.26. The van der Waals surface area contributed by atoms with Gasteiger partial charge in [-0.15, -0.1) is 0 Å². The molecule has 0 aliphatic heterocycles. The summed E-state index contributed by atoms with van der Waals surface area (Å²) in [4.78, 5) is 39.5. The van der Waals surface area contributed by atoms with Gasteiger partial charge in [0.15, 0.2) is 0 Å². The summed E-state index contributed by atoms with van der Waals surface area (Å²) < 4.78 is 15.1. The fourth-order valence-corrected chi connectivity index (χ4v) is 2.90. The van der Waals surface area contributed by atoms with Gasteiger partial charge in [0.05, 0.1) is 39.5 Å². The highest BCUT2D eigenvalue weighted by Gasteiger charge is 2.19. The number of hydrogen-bond acceptors (Lipinski definition) is 8. The molecule has 0 saturated heterocycles. The van der Waals surface area contributed by atoms with Gasteiger partial charge in [0, 0.05) is 19.6 Å². The topological polar surface area (TPSA) is 85.4 Å². The van der Waals surface area contributed by atoms with E-state index < -0.39 is 11.9 Å². The van der Waals surface area contributed by atoms with Crippen molar-refractivity contribution in [1.29, 1.82) is 0 Å². The lowest BCUT2D eigenvalue weighted by atomic mass is 10.1. The maximum atomic E-state index is 12.1. The normalized spacial score (nSPS) is 10.7. The third-order valence-corrected chi connectivity index (χ3v) is 4.33. The maximum Gasteiger partial charge on any atom is 0.320 e. The van der Waals surface area contributed by atoms with Crippen LogP contribution in [0.4, 0.5) is 0 Å². The Morgan fingerprint density at radius 1 is 0.774 bits per heavy atom. The summed E-state index contributed by atoms with van der Waals surface area (Å²) in [5.41, 5.74) is 2.04. The first kappa shape index (κ1) is 26.3. The van der Waals surface area contributed by atoms with Crippen LogP contribution in [0, 0.1) is 0 Å². The Morgan fingerprint density at radius 2 is 1.19 bits per heavy atom. The molecule has 0 saturated carbocycles. The molecular weight excluding hydrogens is 400 g/mol. The van der Waals surface area contributed by atoms with Crippen molar-refractivity contribution in [2.75, 3.05) is 52.5 Å². The Balaban J connectivity index is 2.84. The average Bonchev–Trinajstić information content (AvgIpc) is 2.73. The van der Waals surface area contributed by atoms with Gasteiger partial charge in [-0.25, -0.2) is 0 Å². The molecule has 0 spiro atoms. The molecule has 31 heavy (non-hydrogen) atoms. The zero-order valence-electron chi connectivity index (χ0n) is 18.8. The fraction of sp³-hybridized carbons (Fsp3) is 0.522. The van der Waals surface area contributed by atoms with Gasteiger partial charge in [0.25, 0.3) is 0 Å². The molecule has 0 amide bonds. The second-order valence-electron chi connectivity index (χ2n) is 6.78. The lowest BCUT2D eigenvalue weighted by molar-refractivity contribution is -0.149. The van der Waals surface area contributed by atoms with Crippen molar-refractivity contribution in [3.63, 3.8) is 0 Å². The Kier molecular flexibility index (Phi) is 12.9. The van der Waals surface area contributed by atoms with E-state index in [1.807, 2.05) is 29.2 Å². The van der Waals surface area contributed by atoms with E-state index in [-0.39, 0.29) is 38.8 Å².